The van der Waals surface area contributed by atoms with Crippen molar-refractivity contribution in [3.8, 4) is 0 Å². The van der Waals surface area contributed by atoms with E-state index in [9.17, 15) is 0 Å². The van der Waals surface area contributed by atoms with Gasteiger partial charge < -0.3 is 10.1 Å². The van der Waals surface area contributed by atoms with Gasteiger partial charge in [0.25, 0.3) is 0 Å². The van der Waals surface area contributed by atoms with Crippen LogP contribution in [0.25, 0.3) is 0 Å². The van der Waals surface area contributed by atoms with Crippen LogP contribution in [0.5, 0.6) is 0 Å². The number of halogens is 2. The van der Waals surface area contributed by atoms with Crippen molar-refractivity contribution in [2.75, 3.05) is 20.3 Å². The molecule has 1 unspecified atom stereocenters. The fourth-order valence-electron chi connectivity index (χ4n) is 2.45. The summed E-state index contributed by atoms with van der Waals surface area (Å²) in [7, 11) is 2.00. The third-order valence-electron chi connectivity index (χ3n) is 3.34. The fourth-order valence-corrected chi connectivity index (χ4v) is 3.06. The van der Waals surface area contributed by atoms with Crippen LogP contribution in [0, 0.1) is 5.92 Å². The minimum absolute atomic E-state index is 0.309. The molecule has 0 aromatic heterocycles. The maximum Gasteiger partial charge on any atom is 0.0469 e. The molecule has 1 fully saturated rings. The average Bonchev–Trinajstić information content (AvgIpc) is 2.36. The summed E-state index contributed by atoms with van der Waals surface area (Å²) in [6, 6.07) is 6.34. The summed E-state index contributed by atoms with van der Waals surface area (Å²) in [4.78, 5) is 0. The molecule has 1 aliphatic heterocycles. The zero-order valence-electron chi connectivity index (χ0n) is 9.88. The normalized spacial score (nSPS) is 19.2. The number of hydrogen-bond acceptors (Lipinski definition) is 2. The van der Waals surface area contributed by atoms with Crippen molar-refractivity contribution in [3.05, 3.63) is 33.3 Å². The molecule has 0 spiro atoms. The minimum Gasteiger partial charge on any atom is -0.381 e. The molecular weight excluding hydrogens is 302 g/mol. The molecule has 94 valence electrons. The zero-order valence-corrected chi connectivity index (χ0v) is 12.2. The van der Waals surface area contributed by atoms with Crippen molar-refractivity contribution < 1.29 is 4.74 Å². The Labute approximate surface area is 116 Å². The van der Waals surface area contributed by atoms with Crippen molar-refractivity contribution in [1.29, 1.82) is 0 Å². The smallest absolute Gasteiger partial charge is 0.0469 e. The van der Waals surface area contributed by atoms with Gasteiger partial charge in [0.1, 0.15) is 0 Å². The molecule has 1 heterocycles. The quantitative estimate of drug-likeness (QED) is 0.915. The topological polar surface area (TPSA) is 21.3 Å². The molecule has 0 radical (unpaired) electrons. The Morgan fingerprint density at radius 2 is 2.12 bits per heavy atom. The molecule has 1 atom stereocenters. The summed E-state index contributed by atoms with van der Waals surface area (Å²) in [5.41, 5.74) is 1.18. The third-order valence-corrected chi connectivity index (χ3v) is 4.18. The predicted molar refractivity (Wildman–Crippen MR) is 74.5 cm³/mol. The van der Waals surface area contributed by atoms with Crippen LogP contribution in [-0.4, -0.2) is 20.3 Å². The lowest BCUT2D eigenvalue weighted by Gasteiger charge is -2.31. The Hall–Kier alpha value is -0.0900. The van der Waals surface area contributed by atoms with E-state index in [0.29, 0.717) is 12.0 Å². The highest BCUT2D eigenvalue weighted by Crippen LogP contribution is 2.34. The molecule has 1 aliphatic rings. The fraction of sp³-hybridized carbons (Fsp3) is 0.538. The summed E-state index contributed by atoms with van der Waals surface area (Å²) in [5.74, 6) is 0.598. The number of ether oxygens (including phenoxy) is 1. The van der Waals surface area contributed by atoms with Gasteiger partial charge in [-0.25, -0.2) is 0 Å². The van der Waals surface area contributed by atoms with Crippen LogP contribution in [0.15, 0.2) is 22.7 Å². The van der Waals surface area contributed by atoms with E-state index in [1.54, 1.807) is 0 Å². The van der Waals surface area contributed by atoms with E-state index in [4.69, 9.17) is 16.3 Å². The van der Waals surface area contributed by atoms with Gasteiger partial charge in [-0.3, -0.25) is 0 Å². The van der Waals surface area contributed by atoms with E-state index in [0.717, 1.165) is 35.6 Å². The summed E-state index contributed by atoms with van der Waals surface area (Å²) >= 11 is 9.80. The van der Waals surface area contributed by atoms with Crippen LogP contribution in [0.2, 0.25) is 5.02 Å². The molecule has 4 heteroatoms. The minimum atomic E-state index is 0.309. The summed E-state index contributed by atoms with van der Waals surface area (Å²) in [5, 5.41) is 4.23. The Balaban J connectivity index is 2.24. The molecule has 1 aromatic rings. The molecule has 17 heavy (non-hydrogen) atoms. The first-order valence-electron chi connectivity index (χ1n) is 5.92. The molecule has 0 amide bonds. The second-order valence-corrected chi connectivity index (χ2v) is 5.70. The lowest BCUT2D eigenvalue weighted by Crippen LogP contribution is -2.30. The number of benzene rings is 1. The monoisotopic (exact) mass is 317 g/mol. The van der Waals surface area contributed by atoms with Crippen LogP contribution in [-0.2, 0) is 4.74 Å². The highest BCUT2D eigenvalue weighted by Gasteiger charge is 2.25. The van der Waals surface area contributed by atoms with Gasteiger partial charge in [-0.2, -0.15) is 0 Å². The van der Waals surface area contributed by atoms with Gasteiger partial charge in [-0.15, -0.1) is 0 Å². The van der Waals surface area contributed by atoms with Crippen LogP contribution in [0.3, 0.4) is 0 Å². The molecule has 0 saturated carbocycles. The number of hydrogen-bond donors (Lipinski definition) is 1. The van der Waals surface area contributed by atoms with Gasteiger partial charge in [0.05, 0.1) is 0 Å². The zero-order chi connectivity index (χ0) is 12.3. The second kappa shape index (κ2) is 6.19. The molecule has 1 N–H and O–H groups in total. The van der Waals surface area contributed by atoms with Crippen LogP contribution < -0.4 is 5.32 Å². The molecule has 2 rings (SSSR count). The molecule has 1 saturated heterocycles. The number of rotatable bonds is 3. The van der Waals surface area contributed by atoms with E-state index in [1.165, 1.54) is 5.56 Å². The van der Waals surface area contributed by atoms with E-state index in [-0.39, 0.29) is 0 Å². The molecule has 0 aliphatic carbocycles. The van der Waals surface area contributed by atoms with E-state index >= 15 is 0 Å². The van der Waals surface area contributed by atoms with Gasteiger partial charge in [-0.1, -0.05) is 27.5 Å². The van der Waals surface area contributed by atoms with E-state index < -0.39 is 0 Å². The van der Waals surface area contributed by atoms with Gasteiger partial charge in [0.15, 0.2) is 0 Å². The first-order valence-corrected chi connectivity index (χ1v) is 7.09. The Kier molecular flexibility index (Phi) is 4.86. The van der Waals surface area contributed by atoms with Gasteiger partial charge >= 0.3 is 0 Å². The van der Waals surface area contributed by atoms with Gasteiger partial charge in [0, 0.05) is 28.8 Å². The summed E-state index contributed by atoms with van der Waals surface area (Å²) in [6.45, 7) is 1.71. The first kappa shape index (κ1) is 13.3. The predicted octanol–water partition coefficient (Wildman–Crippen LogP) is 3.79. The van der Waals surface area contributed by atoms with Gasteiger partial charge in [0.2, 0.25) is 0 Å². The largest absolute Gasteiger partial charge is 0.381 e. The van der Waals surface area contributed by atoms with Crippen LogP contribution >= 0.6 is 27.5 Å². The Morgan fingerprint density at radius 1 is 1.41 bits per heavy atom. The molecular formula is C13H17BrClNO. The lowest BCUT2D eigenvalue weighted by molar-refractivity contribution is 0.0546. The van der Waals surface area contributed by atoms with Gasteiger partial charge in [-0.05, 0) is 49.6 Å². The maximum atomic E-state index is 6.30. The molecule has 2 nitrogen and oxygen atoms in total. The second-order valence-electron chi connectivity index (χ2n) is 4.38. The molecule has 0 bridgehead atoms. The lowest BCUT2D eigenvalue weighted by atomic mass is 9.87. The Morgan fingerprint density at radius 3 is 2.76 bits per heavy atom. The number of nitrogens with one attached hydrogen (secondary N) is 1. The maximum absolute atomic E-state index is 6.30. The highest BCUT2D eigenvalue weighted by atomic mass is 79.9. The van der Waals surface area contributed by atoms with Crippen molar-refractivity contribution >= 4 is 27.5 Å². The van der Waals surface area contributed by atoms with Crippen LogP contribution in [0.1, 0.15) is 24.4 Å². The van der Waals surface area contributed by atoms with E-state index in [2.05, 4.69) is 27.3 Å². The Bertz CT molecular complexity index is 380. The van der Waals surface area contributed by atoms with Crippen molar-refractivity contribution in [2.45, 2.75) is 18.9 Å². The van der Waals surface area contributed by atoms with Crippen molar-refractivity contribution in [1.82, 2.24) is 5.32 Å². The SMILES string of the molecule is CNC(c1cc(Br)ccc1Cl)C1CCOCC1. The summed E-state index contributed by atoms with van der Waals surface area (Å²) < 4.78 is 6.49. The average molecular weight is 319 g/mol. The van der Waals surface area contributed by atoms with Crippen LogP contribution in [0.4, 0.5) is 0 Å². The highest BCUT2D eigenvalue weighted by molar-refractivity contribution is 9.10. The third kappa shape index (κ3) is 3.22. The molecule has 1 aromatic carbocycles. The standard InChI is InChI=1S/C13H17BrClNO/c1-16-13(9-4-6-17-7-5-9)11-8-10(14)2-3-12(11)15/h2-3,8-9,13,16H,4-7H2,1H3. The van der Waals surface area contributed by atoms with E-state index in [1.807, 2.05) is 19.2 Å². The van der Waals surface area contributed by atoms with Crippen molar-refractivity contribution in [2.24, 2.45) is 5.92 Å². The first-order chi connectivity index (χ1) is 8.22. The van der Waals surface area contributed by atoms with Crippen molar-refractivity contribution in [3.63, 3.8) is 0 Å². The summed E-state index contributed by atoms with van der Waals surface area (Å²) in [6.07, 6.45) is 2.18.